The summed E-state index contributed by atoms with van der Waals surface area (Å²) >= 11 is 0. The van der Waals surface area contributed by atoms with Crippen molar-refractivity contribution in [2.75, 3.05) is 10.2 Å². The van der Waals surface area contributed by atoms with Crippen LogP contribution in [0.3, 0.4) is 0 Å². The Morgan fingerprint density at radius 2 is 1.23 bits per heavy atom. The Labute approximate surface area is 277 Å². The molecular weight excluding hydrogens is 572 g/mol. The molecule has 0 bridgehead atoms. The molecule has 0 saturated carbocycles. The number of benzene rings is 6. The van der Waals surface area contributed by atoms with Gasteiger partial charge in [-0.3, -0.25) is 0 Å². The van der Waals surface area contributed by atoms with Crippen molar-refractivity contribution >= 4 is 33.3 Å². The molecule has 1 unspecified atom stereocenters. The average Bonchev–Trinajstić information content (AvgIpc) is 3.66. The Bertz CT molecular complexity index is 2180. The predicted molar refractivity (Wildman–Crippen MR) is 198 cm³/mol. The van der Waals surface area contributed by atoms with E-state index in [0.29, 0.717) is 11.8 Å². The van der Waals surface area contributed by atoms with Crippen LogP contribution in [0.1, 0.15) is 68.0 Å². The molecule has 47 heavy (non-hydrogen) atoms. The van der Waals surface area contributed by atoms with Gasteiger partial charge in [-0.1, -0.05) is 137 Å². The van der Waals surface area contributed by atoms with Gasteiger partial charge in [0.05, 0.1) is 11.4 Å². The van der Waals surface area contributed by atoms with E-state index in [2.05, 4.69) is 171 Å². The van der Waals surface area contributed by atoms with Gasteiger partial charge in [0.15, 0.2) is 0 Å². The minimum Gasteiger partial charge on any atom is -0.456 e. The summed E-state index contributed by atoms with van der Waals surface area (Å²) in [4.78, 5) is 2.54. The lowest BCUT2D eigenvalue weighted by molar-refractivity contribution is 0.641. The summed E-state index contributed by atoms with van der Waals surface area (Å²) in [6.07, 6.45) is -0.0842. The van der Waals surface area contributed by atoms with E-state index in [1.54, 1.807) is 0 Å². The molecule has 0 amide bonds. The van der Waals surface area contributed by atoms with Crippen LogP contribution in [0.4, 0.5) is 11.4 Å². The Morgan fingerprint density at radius 3 is 1.91 bits per heavy atom. The highest BCUT2D eigenvalue weighted by atomic mass is 16.3. The number of furan rings is 1. The van der Waals surface area contributed by atoms with Gasteiger partial charge in [-0.2, -0.15) is 0 Å². The van der Waals surface area contributed by atoms with Crippen molar-refractivity contribution in [3.8, 4) is 22.3 Å². The van der Waals surface area contributed by atoms with Gasteiger partial charge >= 0.3 is 0 Å². The number of hydrogen-bond donors (Lipinski definition) is 1. The maximum atomic E-state index is 6.78. The Morgan fingerprint density at radius 1 is 0.596 bits per heavy atom. The van der Waals surface area contributed by atoms with Gasteiger partial charge in [-0.15, -0.1) is 0 Å². The fourth-order valence-corrected chi connectivity index (χ4v) is 7.38. The van der Waals surface area contributed by atoms with Gasteiger partial charge in [0.1, 0.15) is 17.3 Å². The molecule has 1 aliphatic heterocycles. The summed E-state index contributed by atoms with van der Waals surface area (Å²) in [5.41, 5.74) is 14.5. The summed E-state index contributed by atoms with van der Waals surface area (Å²) in [6, 6.07) is 48.0. The van der Waals surface area contributed by atoms with E-state index in [0.717, 1.165) is 45.3 Å². The highest BCUT2D eigenvalue weighted by molar-refractivity contribution is 6.07. The van der Waals surface area contributed by atoms with Crippen molar-refractivity contribution in [2.24, 2.45) is 0 Å². The van der Waals surface area contributed by atoms with Crippen molar-refractivity contribution in [1.82, 2.24) is 0 Å². The van der Waals surface area contributed by atoms with Gasteiger partial charge in [0.2, 0.25) is 0 Å². The fourth-order valence-electron chi connectivity index (χ4n) is 7.38. The van der Waals surface area contributed by atoms with E-state index in [1.807, 2.05) is 0 Å². The van der Waals surface area contributed by atoms with Crippen molar-refractivity contribution < 1.29 is 4.42 Å². The summed E-state index contributed by atoms with van der Waals surface area (Å²) in [5.74, 6) is 0.765. The molecule has 0 fully saturated rings. The first kappa shape index (κ1) is 29.1. The Kier molecular flexibility index (Phi) is 7.33. The van der Waals surface area contributed by atoms with Crippen LogP contribution in [0.25, 0.3) is 44.2 Å². The van der Waals surface area contributed by atoms with E-state index in [4.69, 9.17) is 4.42 Å². The van der Waals surface area contributed by atoms with Crippen LogP contribution in [0, 0.1) is 0 Å². The van der Waals surface area contributed by atoms with E-state index in [1.165, 1.54) is 39.1 Å². The lowest BCUT2D eigenvalue weighted by Crippen LogP contribution is -2.29. The molecule has 0 spiro atoms. The molecule has 0 radical (unpaired) electrons. The first-order valence-corrected chi connectivity index (χ1v) is 16.8. The third-order valence-electron chi connectivity index (χ3n) is 9.75. The largest absolute Gasteiger partial charge is 0.456 e. The van der Waals surface area contributed by atoms with Crippen LogP contribution in [-0.2, 0) is 6.54 Å². The van der Waals surface area contributed by atoms with Crippen LogP contribution < -0.4 is 10.2 Å². The minimum absolute atomic E-state index is 0.0842. The molecule has 8 rings (SSSR count). The molecule has 232 valence electrons. The monoisotopic (exact) mass is 612 g/mol. The zero-order valence-corrected chi connectivity index (χ0v) is 27.5. The van der Waals surface area contributed by atoms with E-state index in [9.17, 15) is 0 Å². The van der Waals surface area contributed by atoms with Crippen LogP contribution >= 0.6 is 0 Å². The predicted octanol–water partition coefficient (Wildman–Crippen LogP) is 12.3. The molecule has 6 aromatic carbocycles. The smallest absolute Gasteiger partial charge is 0.142 e. The second-order valence-corrected chi connectivity index (χ2v) is 13.4. The Hall–Kier alpha value is -5.28. The van der Waals surface area contributed by atoms with Crippen molar-refractivity contribution in [1.29, 1.82) is 0 Å². The highest BCUT2D eigenvalue weighted by Crippen LogP contribution is 2.46. The van der Waals surface area contributed by atoms with Crippen molar-refractivity contribution in [3.63, 3.8) is 0 Å². The summed E-state index contributed by atoms with van der Waals surface area (Å²) < 4.78 is 6.78. The maximum absolute atomic E-state index is 6.78. The van der Waals surface area contributed by atoms with E-state index in [-0.39, 0.29) is 6.17 Å². The number of nitrogens with one attached hydrogen (secondary N) is 1. The summed E-state index contributed by atoms with van der Waals surface area (Å²) in [5, 5.41) is 6.18. The van der Waals surface area contributed by atoms with Crippen LogP contribution in [-0.4, -0.2) is 0 Å². The SMILES string of the molecule is CC(C)c1cc(-c2ccccc2)cc(C(C)C)c1CN1c2ccccc2NC1c1cccc2c1oc1cc(-c3ccccc3)ccc12. The van der Waals surface area contributed by atoms with Gasteiger partial charge < -0.3 is 14.6 Å². The maximum Gasteiger partial charge on any atom is 0.142 e. The molecule has 0 saturated heterocycles. The number of fused-ring (bicyclic) bond motifs is 4. The number of para-hydroxylation sites is 3. The molecule has 1 atom stereocenters. The molecule has 2 heterocycles. The summed E-state index contributed by atoms with van der Waals surface area (Å²) in [7, 11) is 0. The van der Waals surface area contributed by atoms with Crippen molar-refractivity contribution in [2.45, 2.75) is 52.2 Å². The topological polar surface area (TPSA) is 28.4 Å². The van der Waals surface area contributed by atoms with Gasteiger partial charge in [-0.25, -0.2) is 0 Å². The number of rotatable bonds is 7. The van der Waals surface area contributed by atoms with E-state index >= 15 is 0 Å². The van der Waals surface area contributed by atoms with Gasteiger partial charge in [-0.05, 0) is 75.0 Å². The average molecular weight is 613 g/mol. The summed E-state index contributed by atoms with van der Waals surface area (Å²) in [6.45, 7) is 10.1. The second-order valence-electron chi connectivity index (χ2n) is 13.4. The quantitative estimate of drug-likeness (QED) is 0.194. The highest BCUT2D eigenvalue weighted by Gasteiger charge is 2.33. The lowest BCUT2D eigenvalue weighted by atomic mass is 9.85. The first-order chi connectivity index (χ1) is 23.0. The Balaban J connectivity index is 1.26. The lowest BCUT2D eigenvalue weighted by Gasteiger charge is -2.31. The molecule has 1 N–H and O–H groups in total. The van der Waals surface area contributed by atoms with E-state index < -0.39 is 0 Å². The van der Waals surface area contributed by atoms with Crippen LogP contribution in [0.15, 0.2) is 138 Å². The second kappa shape index (κ2) is 11.8. The normalized spacial score (nSPS) is 14.3. The van der Waals surface area contributed by atoms with Crippen LogP contribution in [0.2, 0.25) is 0 Å². The molecular formula is C44H40N2O. The zero-order chi connectivity index (χ0) is 32.1. The third kappa shape index (κ3) is 5.16. The molecule has 3 heteroatoms. The molecule has 0 aliphatic carbocycles. The van der Waals surface area contributed by atoms with Crippen molar-refractivity contribution in [3.05, 3.63) is 156 Å². The fraction of sp³-hybridized carbons (Fsp3) is 0.182. The standard InChI is InChI=1S/C44H40N2O/c1-28(2)37-24-33(31-16-9-6-10-17-31)25-38(29(3)4)39(37)27-46-41-21-12-11-20-40(41)45-44(46)36-19-13-18-35-34-23-22-32(26-42(34)47-43(35)36)30-14-7-5-8-15-30/h5-26,28-29,44-45H,27H2,1-4H3. The molecule has 3 nitrogen and oxygen atoms in total. The number of hydrogen-bond acceptors (Lipinski definition) is 3. The number of nitrogens with zero attached hydrogens (tertiary/aromatic N) is 1. The first-order valence-electron chi connectivity index (χ1n) is 16.8. The molecule has 1 aromatic heterocycles. The van der Waals surface area contributed by atoms with Crippen LogP contribution in [0.5, 0.6) is 0 Å². The zero-order valence-electron chi connectivity index (χ0n) is 27.5. The minimum atomic E-state index is -0.0842. The third-order valence-corrected chi connectivity index (χ3v) is 9.75. The van der Waals surface area contributed by atoms with Gasteiger partial charge in [0.25, 0.3) is 0 Å². The molecule has 7 aromatic rings. The molecule has 1 aliphatic rings. The van der Waals surface area contributed by atoms with Gasteiger partial charge in [0, 0.05) is 22.9 Å². The number of anilines is 2.